The van der Waals surface area contributed by atoms with Crippen LogP contribution in [0.25, 0.3) is 5.69 Å². The van der Waals surface area contributed by atoms with Crippen molar-refractivity contribution >= 4 is 11.8 Å². The van der Waals surface area contributed by atoms with E-state index in [4.69, 9.17) is 0 Å². The fraction of sp³-hybridized carbons (Fsp3) is 0.333. The number of carbonyl (C=O) groups is 2. The zero-order chi connectivity index (χ0) is 25.4. The first-order valence-electron chi connectivity index (χ1n) is 10.9. The van der Waals surface area contributed by atoms with Gasteiger partial charge in [0.05, 0.1) is 11.1 Å². The Morgan fingerprint density at radius 2 is 1.43 bits per heavy atom. The SMILES string of the molecule is CC(C)(C(=O)N1CCN(C(=O)c2nnn(-c3ccc(F)cc3)c2C(F)(F)F)CC1)c1ccccc1. The molecule has 1 saturated heterocycles. The molecule has 0 radical (unpaired) electrons. The predicted molar refractivity (Wildman–Crippen MR) is 118 cm³/mol. The number of amides is 2. The van der Waals surface area contributed by atoms with E-state index in [0.717, 1.165) is 29.8 Å². The van der Waals surface area contributed by atoms with Crippen molar-refractivity contribution in [2.45, 2.75) is 25.4 Å². The third kappa shape index (κ3) is 4.75. The first-order chi connectivity index (χ1) is 16.5. The molecular formula is C24H23F4N5O2. The number of hydrogen-bond donors (Lipinski definition) is 0. The molecule has 0 N–H and O–H groups in total. The van der Waals surface area contributed by atoms with Gasteiger partial charge < -0.3 is 9.80 Å². The van der Waals surface area contributed by atoms with E-state index in [0.29, 0.717) is 4.68 Å². The number of alkyl halides is 3. The molecule has 1 aliphatic rings. The Hall–Kier alpha value is -3.76. The smallest absolute Gasteiger partial charge is 0.338 e. The molecule has 4 rings (SSSR count). The number of hydrogen-bond acceptors (Lipinski definition) is 4. The van der Waals surface area contributed by atoms with Crippen molar-refractivity contribution in [3.8, 4) is 5.69 Å². The summed E-state index contributed by atoms with van der Waals surface area (Å²) in [6.07, 6.45) is -4.93. The third-order valence-electron chi connectivity index (χ3n) is 6.10. The number of carbonyl (C=O) groups excluding carboxylic acids is 2. The molecule has 35 heavy (non-hydrogen) atoms. The summed E-state index contributed by atoms with van der Waals surface area (Å²) >= 11 is 0. The Balaban J connectivity index is 1.52. The van der Waals surface area contributed by atoms with Crippen molar-refractivity contribution in [3.63, 3.8) is 0 Å². The quantitative estimate of drug-likeness (QED) is 0.525. The van der Waals surface area contributed by atoms with E-state index in [1.807, 2.05) is 44.2 Å². The van der Waals surface area contributed by atoms with Gasteiger partial charge in [-0.15, -0.1) is 5.10 Å². The normalized spacial score (nSPS) is 14.8. The minimum absolute atomic E-state index is 0.0517. The largest absolute Gasteiger partial charge is 0.435 e. The standard InChI is InChI=1S/C24H23F4N5O2/c1-23(2,16-6-4-3-5-7-16)22(35)32-14-12-31(13-15-32)21(34)19-20(24(26,27)28)33(30-29-19)18-10-8-17(25)9-11-18/h3-11H,12-15H2,1-2H3. The third-order valence-corrected chi connectivity index (χ3v) is 6.10. The number of aromatic nitrogens is 3. The summed E-state index contributed by atoms with van der Waals surface area (Å²) in [5, 5.41) is 7.04. The van der Waals surface area contributed by atoms with Crippen LogP contribution < -0.4 is 0 Å². The summed E-state index contributed by atoms with van der Waals surface area (Å²) in [5.41, 5.74) is -2.21. The molecule has 0 spiro atoms. The lowest BCUT2D eigenvalue weighted by Crippen LogP contribution is -2.54. The Morgan fingerprint density at radius 1 is 0.857 bits per heavy atom. The van der Waals surface area contributed by atoms with Crippen LogP contribution in [0, 0.1) is 5.82 Å². The van der Waals surface area contributed by atoms with Crippen LogP contribution in [0.3, 0.4) is 0 Å². The molecule has 0 saturated carbocycles. The lowest BCUT2D eigenvalue weighted by molar-refractivity contribution is -0.143. The van der Waals surface area contributed by atoms with Crippen molar-refractivity contribution in [2.24, 2.45) is 0 Å². The highest BCUT2D eigenvalue weighted by molar-refractivity contribution is 5.94. The van der Waals surface area contributed by atoms with Gasteiger partial charge in [0, 0.05) is 26.2 Å². The zero-order valence-electron chi connectivity index (χ0n) is 19.1. The van der Waals surface area contributed by atoms with Gasteiger partial charge in [0.15, 0.2) is 11.4 Å². The van der Waals surface area contributed by atoms with Gasteiger partial charge in [0.25, 0.3) is 5.91 Å². The van der Waals surface area contributed by atoms with E-state index in [2.05, 4.69) is 10.3 Å². The molecule has 1 aliphatic heterocycles. The minimum Gasteiger partial charge on any atom is -0.338 e. The van der Waals surface area contributed by atoms with Crippen molar-refractivity contribution in [3.05, 3.63) is 77.4 Å². The number of benzene rings is 2. The lowest BCUT2D eigenvalue weighted by atomic mass is 9.83. The maximum absolute atomic E-state index is 13.9. The molecule has 0 bridgehead atoms. The van der Waals surface area contributed by atoms with Crippen LogP contribution in [0.2, 0.25) is 0 Å². The fourth-order valence-electron chi connectivity index (χ4n) is 4.08. The maximum atomic E-state index is 13.9. The summed E-state index contributed by atoms with van der Waals surface area (Å²) in [7, 11) is 0. The molecule has 2 amide bonds. The van der Waals surface area contributed by atoms with Gasteiger partial charge in [-0.05, 0) is 43.7 Å². The average Bonchev–Trinajstić information content (AvgIpc) is 3.30. The summed E-state index contributed by atoms with van der Waals surface area (Å²) in [6, 6.07) is 13.5. The predicted octanol–water partition coefficient (Wildman–Crippen LogP) is 3.69. The van der Waals surface area contributed by atoms with Crippen LogP contribution in [0.15, 0.2) is 54.6 Å². The Kier molecular flexibility index (Phi) is 6.35. The van der Waals surface area contributed by atoms with E-state index >= 15 is 0 Å². The van der Waals surface area contributed by atoms with Crippen molar-refractivity contribution in [1.82, 2.24) is 24.8 Å². The number of nitrogens with zero attached hydrogens (tertiary/aromatic N) is 5. The highest BCUT2D eigenvalue weighted by atomic mass is 19.4. The van der Waals surface area contributed by atoms with Crippen molar-refractivity contribution < 1.29 is 27.2 Å². The van der Waals surface area contributed by atoms with Crippen LogP contribution in [-0.2, 0) is 16.4 Å². The van der Waals surface area contributed by atoms with Crippen molar-refractivity contribution in [2.75, 3.05) is 26.2 Å². The average molecular weight is 489 g/mol. The Bertz CT molecular complexity index is 1210. The van der Waals surface area contributed by atoms with Gasteiger partial charge >= 0.3 is 6.18 Å². The fourth-order valence-corrected chi connectivity index (χ4v) is 4.08. The number of rotatable bonds is 4. The van der Waals surface area contributed by atoms with Crippen molar-refractivity contribution in [1.29, 1.82) is 0 Å². The highest BCUT2D eigenvalue weighted by Gasteiger charge is 2.43. The van der Waals surface area contributed by atoms with Gasteiger partial charge in [0.2, 0.25) is 5.91 Å². The number of piperazine rings is 1. The molecule has 0 aliphatic carbocycles. The highest BCUT2D eigenvalue weighted by Crippen LogP contribution is 2.33. The van der Waals surface area contributed by atoms with E-state index in [9.17, 15) is 27.2 Å². The second kappa shape index (κ2) is 9.12. The number of halogens is 4. The molecular weight excluding hydrogens is 466 g/mol. The Morgan fingerprint density at radius 3 is 2.00 bits per heavy atom. The molecule has 1 fully saturated rings. The van der Waals surface area contributed by atoms with Gasteiger partial charge in [-0.25, -0.2) is 9.07 Å². The molecule has 3 aromatic rings. The van der Waals surface area contributed by atoms with Gasteiger partial charge in [0.1, 0.15) is 5.82 Å². The monoisotopic (exact) mass is 489 g/mol. The summed E-state index contributed by atoms with van der Waals surface area (Å²) < 4.78 is 55.4. The first kappa shape index (κ1) is 24.4. The van der Waals surface area contributed by atoms with E-state index in [1.165, 1.54) is 4.90 Å². The molecule has 0 atom stereocenters. The molecule has 184 valence electrons. The van der Waals surface area contributed by atoms with Crippen LogP contribution in [0.1, 0.15) is 35.6 Å². The van der Waals surface area contributed by atoms with Crippen LogP contribution >= 0.6 is 0 Å². The molecule has 2 aromatic carbocycles. The van der Waals surface area contributed by atoms with Gasteiger partial charge in [-0.3, -0.25) is 9.59 Å². The molecule has 0 unspecified atom stereocenters. The van der Waals surface area contributed by atoms with Gasteiger partial charge in [-0.1, -0.05) is 35.5 Å². The molecule has 2 heterocycles. The summed E-state index contributed by atoms with van der Waals surface area (Å²) in [6.45, 7) is 4.08. The van der Waals surface area contributed by atoms with Crippen LogP contribution in [0.5, 0.6) is 0 Å². The zero-order valence-corrected chi connectivity index (χ0v) is 19.1. The lowest BCUT2D eigenvalue weighted by Gasteiger charge is -2.38. The van der Waals surface area contributed by atoms with Crippen LogP contribution in [0.4, 0.5) is 17.6 Å². The Labute approximate surface area is 198 Å². The first-order valence-corrected chi connectivity index (χ1v) is 10.9. The van der Waals surface area contributed by atoms with Crippen LogP contribution in [-0.4, -0.2) is 62.8 Å². The maximum Gasteiger partial charge on any atom is 0.435 e. The summed E-state index contributed by atoms with van der Waals surface area (Å²) in [5.74, 6) is -1.68. The second-order valence-electron chi connectivity index (χ2n) is 8.75. The summed E-state index contributed by atoms with van der Waals surface area (Å²) in [4.78, 5) is 29.0. The van der Waals surface area contributed by atoms with E-state index < -0.39 is 34.7 Å². The van der Waals surface area contributed by atoms with Gasteiger partial charge in [-0.2, -0.15) is 13.2 Å². The minimum atomic E-state index is -4.93. The molecule has 1 aromatic heterocycles. The molecule has 11 heteroatoms. The second-order valence-corrected chi connectivity index (χ2v) is 8.75. The molecule has 7 nitrogen and oxygen atoms in total. The van der Waals surface area contributed by atoms with E-state index in [-0.39, 0.29) is 37.8 Å². The topological polar surface area (TPSA) is 71.3 Å². The van der Waals surface area contributed by atoms with E-state index in [1.54, 1.807) is 4.90 Å².